The van der Waals surface area contributed by atoms with Crippen molar-refractivity contribution in [2.45, 2.75) is 39.2 Å². The molecule has 0 aliphatic carbocycles. The van der Waals surface area contributed by atoms with E-state index in [9.17, 15) is 14.7 Å². The van der Waals surface area contributed by atoms with Gasteiger partial charge in [-0.2, -0.15) is 0 Å². The van der Waals surface area contributed by atoms with Gasteiger partial charge in [-0.1, -0.05) is 51.1 Å². The minimum atomic E-state index is -0.872. The van der Waals surface area contributed by atoms with E-state index in [1.807, 2.05) is 64.1 Å². The molecule has 6 nitrogen and oxygen atoms in total. The van der Waals surface area contributed by atoms with Crippen LogP contribution in [0.2, 0.25) is 0 Å². The molecule has 1 saturated heterocycles. The summed E-state index contributed by atoms with van der Waals surface area (Å²) in [5, 5.41) is 11.6. The molecule has 1 N–H and O–H groups in total. The molecule has 3 aromatic rings. The zero-order chi connectivity index (χ0) is 26.2. The van der Waals surface area contributed by atoms with Crippen LogP contribution >= 0.6 is 0 Å². The molecule has 0 spiro atoms. The first-order chi connectivity index (χ1) is 17.1. The van der Waals surface area contributed by atoms with Gasteiger partial charge in [-0.3, -0.25) is 14.5 Å². The number of aryl methyl sites for hydroxylation is 1. The molecular weight excluding hydrogens is 454 g/mol. The maximum absolute atomic E-state index is 13.5. The van der Waals surface area contributed by atoms with E-state index in [0.29, 0.717) is 28.3 Å². The summed E-state index contributed by atoms with van der Waals surface area (Å²) in [5.41, 5.74) is 3.15. The number of methoxy groups -OCH3 is 2. The van der Waals surface area contributed by atoms with Crippen molar-refractivity contribution in [2.75, 3.05) is 19.1 Å². The molecule has 0 saturated carbocycles. The smallest absolute Gasteiger partial charge is 0.300 e. The summed E-state index contributed by atoms with van der Waals surface area (Å²) >= 11 is 0. The number of benzene rings is 3. The van der Waals surface area contributed by atoms with Gasteiger partial charge in [-0.05, 0) is 54.3 Å². The summed E-state index contributed by atoms with van der Waals surface area (Å²) in [6, 6.07) is 19.0. The highest BCUT2D eigenvalue weighted by Gasteiger charge is 2.48. The molecule has 1 heterocycles. The van der Waals surface area contributed by atoms with Crippen molar-refractivity contribution >= 4 is 23.1 Å². The maximum atomic E-state index is 13.5. The van der Waals surface area contributed by atoms with Crippen molar-refractivity contribution < 1.29 is 24.2 Å². The molecule has 6 heteroatoms. The minimum Gasteiger partial charge on any atom is -0.507 e. The second-order valence-electron chi connectivity index (χ2n) is 9.92. The zero-order valence-electron chi connectivity index (χ0n) is 21.5. The van der Waals surface area contributed by atoms with Crippen LogP contribution in [-0.4, -0.2) is 31.0 Å². The van der Waals surface area contributed by atoms with Crippen LogP contribution in [0.3, 0.4) is 0 Å². The molecule has 1 atom stereocenters. The number of para-hydroxylation sites is 1. The van der Waals surface area contributed by atoms with Crippen LogP contribution in [-0.2, 0) is 15.0 Å². The van der Waals surface area contributed by atoms with Gasteiger partial charge < -0.3 is 14.6 Å². The second kappa shape index (κ2) is 9.53. The summed E-state index contributed by atoms with van der Waals surface area (Å²) in [7, 11) is 3.13. The Balaban J connectivity index is 2.00. The quantitative estimate of drug-likeness (QED) is 0.275. The largest absolute Gasteiger partial charge is 0.507 e. The fraction of sp³-hybridized carbons (Fsp3) is 0.267. The predicted octanol–water partition coefficient (Wildman–Crippen LogP) is 5.94. The number of aliphatic hydroxyl groups excluding tert-OH is 1. The molecule has 0 bridgehead atoms. The van der Waals surface area contributed by atoms with E-state index in [1.165, 1.54) is 12.0 Å². The third-order valence-corrected chi connectivity index (χ3v) is 6.44. The first kappa shape index (κ1) is 25.0. The normalized spacial score (nSPS) is 17.4. The summed E-state index contributed by atoms with van der Waals surface area (Å²) in [6.07, 6.45) is 0. The Bertz CT molecular complexity index is 1370. The average molecular weight is 486 g/mol. The Labute approximate surface area is 211 Å². The van der Waals surface area contributed by atoms with Crippen molar-refractivity contribution in [3.63, 3.8) is 0 Å². The van der Waals surface area contributed by atoms with Gasteiger partial charge in [-0.25, -0.2) is 0 Å². The lowest BCUT2D eigenvalue weighted by Gasteiger charge is -2.27. The maximum Gasteiger partial charge on any atom is 0.300 e. The Morgan fingerprint density at radius 1 is 0.889 bits per heavy atom. The topological polar surface area (TPSA) is 76.1 Å². The van der Waals surface area contributed by atoms with E-state index < -0.39 is 17.7 Å². The van der Waals surface area contributed by atoms with E-state index in [1.54, 1.807) is 37.4 Å². The van der Waals surface area contributed by atoms with Crippen LogP contribution in [0.25, 0.3) is 5.76 Å². The summed E-state index contributed by atoms with van der Waals surface area (Å²) in [5.74, 6) is -0.508. The van der Waals surface area contributed by atoms with Crippen LogP contribution in [0.1, 0.15) is 49.1 Å². The lowest BCUT2D eigenvalue weighted by atomic mass is 9.84. The number of Topliss-reactive ketones (excluding diaryl/α,β-unsaturated/α-hetero) is 1. The standard InChI is InChI=1S/C30H31NO5/c1-18-10-9-11-20(16-18)31-26(21-12-7-8-13-23(21)35-5)25(28(33)29(31)34)27(32)19-14-15-24(36-6)22(17-19)30(2,3)4/h7-17,26,32H,1-6H3/b27-25+. The van der Waals surface area contributed by atoms with Gasteiger partial charge >= 0.3 is 0 Å². The molecule has 1 fully saturated rings. The lowest BCUT2D eigenvalue weighted by molar-refractivity contribution is -0.132. The fourth-order valence-electron chi connectivity index (χ4n) is 4.66. The van der Waals surface area contributed by atoms with E-state index in [4.69, 9.17) is 9.47 Å². The minimum absolute atomic E-state index is 0.0102. The van der Waals surface area contributed by atoms with Crippen LogP contribution in [0.15, 0.2) is 72.3 Å². The average Bonchev–Trinajstić information content (AvgIpc) is 3.12. The summed E-state index contributed by atoms with van der Waals surface area (Å²) in [4.78, 5) is 28.4. The Hall–Kier alpha value is -4.06. The highest BCUT2D eigenvalue weighted by atomic mass is 16.5. The molecule has 1 unspecified atom stereocenters. The third kappa shape index (κ3) is 4.35. The van der Waals surface area contributed by atoms with Crippen LogP contribution in [0.4, 0.5) is 5.69 Å². The number of ether oxygens (including phenoxy) is 2. The number of aliphatic hydroxyl groups is 1. The SMILES string of the molecule is COc1ccccc1C1/C(=C(\O)c2ccc(OC)c(C(C)(C)C)c2)C(=O)C(=O)N1c1cccc(C)c1. The molecular formula is C30H31NO5. The zero-order valence-corrected chi connectivity index (χ0v) is 21.5. The van der Waals surface area contributed by atoms with Gasteiger partial charge in [0.25, 0.3) is 11.7 Å². The second-order valence-corrected chi connectivity index (χ2v) is 9.92. The number of rotatable bonds is 5. The van der Waals surface area contributed by atoms with E-state index in [0.717, 1.165) is 11.1 Å². The number of nitrogens with zero attached hydrogens (tertiary/aromatic N) is 1. The monoisotopic (exact) mass is 485 g/mol. The first-order valence-electron chi connectivity index (χ1n) is 11.8. The number of hydrogen-bond donors (Lipinski definition) is 1. The van der Waals surface area contributed by atoms with Gasteiger partial charge in [0.1, 0.15) is 17.3 Å². The predicted molar refractivity (Wildman–Crippen MR) is 141 cm³/mol. The molecule has 1 aliphatic heterocycles. The number of carbonyl (C=O) groups is 2. The van der Waals surface area contributed by atoms with Crippen LogP contribution < -0.4 is 14.4 Å². The fourth-order valence-corrected chi connectivity index (χ4v) is 4.66. The molecule has 1 aliphatic rings. The molecule has 3 aromatic carbocycles. The number of carbonyl (C=O) groups excluding carboxylic acids is 2. The summed E-state index contributed by atoms with van der Waals surface area (Å²) in [6.45, 7) is 8.05. The molecule has 186 valence electrons. The Morgan fingerprint density at radius 3 is 2.22 bits per heavy atom. The Morgan fingerprint density at radius 2 is 1.58 bits per heavy atom. The number of hydrogen-bond acceptors (Lipinski definition) is 5. The van der Waals surface area contributed by atoms with Gasteiger partial charge in [0.2, 0.25) is 0 Å². The molecule has 0 radical (unpaired) electrons. The van der Waals surface area contributed by atoms with Crippen molar-refractivity contribution in [3.8, 4) is 11.5 Å². The van der Waals surface area contributed by atoms with Crippen LogP contribution in [0, 0.1) is 6.92 Å². The Kier molecular flexibility index (Phi) is 6.63. The first-order valence-corrected chi connectivity index (χ1v) is 11.8. The van der Waals surface area contributed by atoms with Crippen molar-refractivity contribution in [1.29, 1.82) is 0 Å². The molecule has 0 aromatic heterocycles. The van der Waals surface area contributed by atoms with E-state index in [2.05, 4.69) is 0 Å². The number of amides is 1. The third-order valence-electron chi connectivity index (χ3n) is 6.44. The lowest BCUT2D eigenvalue weighted by Crippen LogP contribution is -2.29. The van der Waals surface area contributed by atoms with Gasteiger partial charge in [-0.15, -0.1) is 0 Å². The number of anilines is 1. The van der Waals surface area contributed by atoms with Crippen molar-refractivity contribution in [3.05, 3.63) is 94.6 Å². The van der Waals surface area contributed by atoms with Crippen LogP contribution in [0.5, 0.6) is 11.5 Å². The van der Waals surface area contributed by atoms with Crippen molar-refractivity contribution in [1.82, 2.24) is 0 Å². The highest BCUT2D eigenvalue weighted by molar-refractivity contribution is 6.51. The van der Waals surface area contributed by atoms with Crippen molar-refractivity contribution in [2.24, 2.45) is 0 Å². The molecule has 1 amide bonds. The summed E-state index contributed by atoms with van der Waals surface area (Å²) < 4.78 is 11.1. The van der Waals surface area contributed by atoms with Gasteiger partial charge in [0, 0.05) is 22.4 Å². The van der Waals surface area contributed by atoms with E-state index >= 15 is 0 Å². The molecule has 36 heavy (non-hydrogen) atoms. The highest BCUT2D eigenvalue weighted by Crippen LogP contribution is 2.45. The van der Waals surface area contributed by atoms with Gasteiger partial charge in [0.05, 0.1) is 25.8 Å². The molecule has 4 rings (SSSR count). The number of ketones is 1. The van der Waals surface area contributed by atoms with Gasteiger partial charge in [0.15, 0.2) is 0 Å². The van der Waals surface area contributed by atoms with E-state index in [-0.39, 0.29) is 16.7 Å².